The molecule has 90 valence electrons. The third kappa shape index (κ3) is 1.70. The van der Waals surface area contributed by atoms with Gasteiger partial charge in [-0.25, -0.2) is 4.79 Å². The molecule has 0 spiro atoms. The van der Waals surface area contributed by atoms with Crippen LogP contribution in [0.4, 0.5) is 0 Å². The molecule has 0 aromatic heterocycles. The molecule has 0 amide bonds. The lowest BCUT2D eigenvalue weighted by molar-refractivity contribution is -0.137. The number of carbonyl (C=O) groups is 1. The van der Waals surface area contributed by atoms with Crippen molar-refractivity contribution >= 4 is 22.3 Å². The second kappa shape index (κ2) is 4.30. The molecule has 1 aliphatic rings. The van der Waals surface area contributed by atoms with Crippen LogP contribution in [-0.2, 0) is 16.0 Å². The van der Waals surface area contributed by atoms with E-state index < -0.39 is 0 Å². The molecule has 2 nitrogen and oxygen atoms in total. The van der Waals surface area contributed by atoms with Gasteiger partial charge in [-0.15, -0.1) is 0 Å². The van der Waals surface area contributed by atoms with E-state index in [1.54, 1.807) is 6.08 Å². The zero-order valence-corrected chi connectivity index (χ0v) is 10.3. The van der Waals surface area contributed by atoms with Gasteiger partial charge in [-0.2, -0.15) is 0 Å². The van der Waals surface area contributed by atoms with Crippen LogP contribution in [0.2, 0.25) is 0 Å². The van der Waals surface area contributed by atoms with Gasteiger partial charge in [0.2, 0.25) is 0 Å². The number of ether oxygens (including phenoxy) is 1. The molecule has 0 unspecified atom stereocenters. The van der Waals surface area contributed by atoms with E-state index in [0.29, 0.717) is 6.61 Å². The van der Waals surface area contributed by atoms with Gasteiger partial charge in [0.25, 0.3) is 0 Å². The molecule has 0 saturated heterocycles. The standard InChI is InChI=1S/C16H14O2/c1-2-18-15(17)10-13-9-12-7-3-5-11-6-4-8-14(13)16(11)12/h3-8,10H,2,9H2,1H3/b13-10+. The van der Waals surface area contributed by atoms with Crippen LogP contribution in [0, 0.1) is 0 Å². The van der Waals surface area contributed by atoms with Crippen molar-refractivity contribution in [3.8, 4) is 0 Å². The molecule has 1 aliphatic carbocycles. The summed E-state index contributed by atoms with van der Waals surface area (Å²) >= 11 is 0. The Hall–Kier alpha value is -2.09. The summed E-state index contributed by atoms with van der Waals surface area (Å²) < 4.78 is 4.98. The van der Waals surface area contributed by atoms with E-state index in [4.69, 9.17) is 4.74 Å². The van der Waals surface area contributed by atoms with Crippen molar-refractivity contribution < 1.29 is 9.53 Å². The molecule has 0 atom stereocenters. The van der Waals surface area contributed by atoms with Crippen LogP contribution in [0.5, 0.6) is 0 Å². The third-order valence-corrected chi connectivity index (χ3v) is 3.30. The Kier molecular flexibility index (Phi) is 2.63. The van der Waals surface area contributed by atoms with Crippen LogP contribution in [0.3, 0.4) is 0 Å². The highest BCUT2D eigenvalue weighted by Crippen LogP contribution is 2.37. The second-order valence-corrected chi connectivity index (χ2v) is 4.42. The predicted octanol–water partition coefficient (Wildman–Crippen LogP) is 3.34. The lowest BCUT2D eigenvalue weighted by atomic mass is 10.0. The summed E-state index contributed by atoms with van der Waals surface area (Å²) in [6.45, 7) is 2.24. The fourth-order valence-corrected chi connectivity index (χ4v) is 2.59. The Morgan fingerprint density at radius 1 is 1.28 bits per heavy atom. The molecule has 2 aromatic carbocycles. The maximum Gasteiger partial charge on any atom is 0.331 e. The molecule has 0 N–H and O–H groups in total. The highest BCUT2D eigenvalue weighted by Gasteiger charge is 2.19. The topological polar surface area (TPSA) is 26.3 Å². The van der Waals surface area contributed by atoms with Gasteiger partial charge in [-0.1, -0.05) is 36.4 Å². The van der Waals surface area contributed by atoms with Crippen LogP contribution in [-0.4, -0.2) is 12.6 Å². The molecule has 2 heteroatoms. The van der Waals surface area contributed by atoms with Crippen LogP contribution in [0.15, 0.2) is 42.5 Å². The summed E-state index contributed by atoms with van der Waals surface area (Å²) in [5, 5.41) is 2.51. The Balaban J connectivity index is 2.11. The van der Waals surface area contributed by atoms with Gasteiger partial charge in [-0.05, 0) is 40.8 Å². The van der Waals surface area contributed by atoms with Crippen molar-refractivity contribution in [2.75, 3.05) is 6.61 Å². The highest BCUT2D eigenvalue weighted by molar-refractivity contribution is 6.05. The minimum atomic E-state index is -0.252. The van der Waals surface area contributed by atoms with E-state index >= 15 is 0 Å². The Morgan fingerprint density at radius 3 is 2.83 bits per heavy atom. The van der Waals surface area contributed by atoms with Crippen molar-refractivity contribution in [1.82, 2.24) is 0 Å². The minimum Gasteiger partial charge on any atom is -0.463 e. The quantitative estimate of drug-likeness (QED) is 0.592. The number of carbonyl (C=O) groups excluding carboxylic acids is 1. The fraction of sp³-hybridized carbons (Fsp3) is 0.188. The van der Waals surface area contributed by atoms with Gasteiger partial charge < -0.3 is 4.74 Å². The van der Waals surface area contributed by atoms with E-state index in [1.165, 1.54) is 16.3 Å². The Labute approximate surface area is 106 Å². The lowest BCUT2D eigenvalue weighted by Crippen LogP contribution is -2.00. The van der Waals surface area contributed by atoms with Crippen molar-refractivity contribution in [3.63, 3.8) is 0 Å². The van der Waals surface area contributed by atoms with Gasteiger partial charge in [0, 0.05) is 6.08 Å². The molecule has 18 heavy (non-hydrogen) atoms. The molecule has 3 rings (SSSR count). The molecular formula is C16H14O2. The highest BCUT2D eigenvalue weighted by atomic mass is 16.5. The largest absolute Gasteiger partial charge is 0.463 e. The first-order valence-electron chi connectivity index (χ1n) is 6.18. The first-order valence-corrected chi connectivity index (χ1v) is 6.18. The van der Waals surface area contributed by atoms with E-state index in [2.05, 4.69) is 30.3 Å². The summed E-state index contributed by atoms with van der Waals surface area (Å²) in [5.41, 5.74) is 3.51. The number of benzene rings is 2. The van der Waals surface area contributed by atoms with Gasteiger partial charge >= 0.3 is 5.97 Å². The summed E-state index contributed by atoms with van der Waals surface area (Å²) in [4.78, 5) is 11.6. The van der Waals surface area contributed by atoms with Crippen molar-refractivity contribution in [2.24, 2.45) is 0 Å². The molecule has 0 heterocycles. The molecule has 0 bridgehead atoms. The molecular weight excluding hydrogens is 224 g/mol. The lowest BCUT2D eigenvalue weighted by Gasteiger charge is -2.01. The van der Waals surface area contributed by atoms with Crippen LogP contribution in [0.1, 0.15) is 18.1 Å². The maximum atomic E-state index is 11.6. The van der Waals surface area contributed by atoms with E-state index in [9.17, 15) is 4.79 Å². The summed E-state index contributed by atoms with van der Waals surface area (Å²) in [5.74, 6) is -0.252. The zero-order chi connectivity index (χ0) is 12.5. The molecule has 0 fully saturated rings. The van der Waals surface area contributed by atoms with E-state index in [-0.39, 0.29) is 5.97 Å². The molecule has 0 radical (unpaired) electrons. The van der Waals surface area contributed by atoms with Gasteiger partial charge in [-0.3, -0.25) is 0 Å². The Bertz CT molecular complexity index is 648. The summed E-state index contributed by atoms with van der Waals surface area (Å²) in [6.07, 6.45) is 2.44. The normalized spacial score (nSPS) is 15.3. The van der Waals surface area contributed by atoms with Crippen molar-refractivity contribution in [1.29, 1.82) is 0 Å². The molecule has 0 aliphatic heterocycles. The summed E-state index contributed by atoms with van der Waals surface area (Å²) in [7, 11) is 0. The summed E-state index contributed by atoms with van der Waals surface area (Å²) in [6, 6.07) is 12.5. The number of rotatable bonds is 2. The van der Waals surface area contributed by atoms with Crippen LogP contribution >= 0.6 is 0 Å². The molecule has 2 aromatic rings. The predicted molar refractivity (Wildman–Crippen MR) is 72.3 cm³/mol. The number of hydrogen-bond donors (Lipinski definition) is 0. The minimum absolute atomic E-state index is 0.252. The number of esters is 1. The van der Waals surface area contributed by atoms with Crippen molar-refractivity contribution in [3.05, 3.63) is 53.6 Å². The third-order valence-electron chi connectivity index (χ3n) is 3.30. The monoisotopic (exact) mass is 238 g/mol. The SMILES string of the molecule is CCOC(=O)/C=C1\Cc2cccc3cccc1c23. The first kappa shape index (κ1) is 11.0. The zero-order valence-electron chi connectivity index (χ0n) is 10.3. The van der Waals surface area contributed by atoms with E-state index in [1.807, 2.05) is 13.0 Å². The fourth-order valence-electron chi connectivity index (χ4n) is 2.59. The molecule has 0 saturated carbocycles. The van der Waals surface area contributed by atoms with Gasteiger partial charge in [0.15, 0.2) is 0 Å². The smallest absolute Gasteiger partial charge is 0.331 e. The Morgan fingerprint density at radius 2 is 2.06 bits per heavy atom. The van der Waals surface area contributed by atoms with Crippen LogP contribution in [0.25, 0.3) is 16.3 Å². The maximum absolute atomic E-state index is 11.6. The van der Waals surface area contributed by atoms with Crippen molar-refractivity contribution in [2.45, 2.75) is 13.3 Å². The first-order chi connectivity index (χ1) is 8.79. The number of allylic oxidation sites excluding steroid dienone is 1. The van der Waals surface area contributed by atoms with Gasteiger partial charge in [0.1, 0.15) is 0 Å². The van der Waals surface area contributed by atoms with Crippen LogP contribution < -0.4 is 0 Å². The second-order valence-electron chi connectivity index (χ2n) is 4.42. The number of hydrogen-bond acceptors (Lipinski definition) is 2. The van der Waals surface area contributed by atoms with Gasteiger partial charge in [0.05, 0.1) is 6.61 Å². The average molecular weight is 238 g/mol. The average Bonchev–Trinajstić information content (AvgIpc) is 2.71. The van der Waals surface area contributed by atoms with E-state index in [0.717, 1.165) is 17.6 Å².